The number of carbonyl (C=O) groups excluding carboxylic acids is 1. The Morgan fingerprint density at radius 3 is 2.76 bits per heavy atom. The van der Waals surface area contributed by atoms with E-state index < -0.39 is 33.9 Å². The molecule has 0 radical (unpaired) electrons. The minimum absolute atomic E-state index is 0.227. The van der Waals surface area contributed by atoms with Crippen molar-refractivity contribution in [2.24, 2.45) is 0 Å². The second kappa shape index (κ2) is 7.82. The minimum Gasteiger partial charge on any atom is -0.748 e. The van der Waals surface area contributed by atoms with E-state index in [2.05, 4.69) is 0 Å². The van der Waals surface area contributed by atoms with E-state index in [0.29, 0.717) is 32.7 Å². The number of rotatable bonds is 6. The Bertz CT molecular complexity index is 714. The van der Waals surface area contributed by atoms with E-state index in [1.807, 2.05) is 29.2 Å². The minimum atomic E-state index is -4.49. The molecular formula is C17H22NO6S-. The average Bonchev–Trinajstić information content (AvgIpc) is 2.98. The summed E-state index contributed by atoms with van der Waals surface area (Å²) in [6, 6.07) is 7.68. The molecule has 25 heavy (non-hydrogen) atoms. The molecule has 1 aromatic carbocycles. The number of hydrogen-bond donors (Lipinski definition) is 0. The molecule has 0 amide bonds. The average molecular weight is 368 g/mol. The number of hydrogen-bond acceptors (Lipinski definition) is 7. The van der Waals surface area contributed by atoms with Crippen LogP contribution in [0.3, 0.4) is 0 Å². The number of nitrogens with zero attached hydrogens (tertiary/aromatic N) is 1. The first-order valence-corrected chi connectivity index (χ1v) is 10.0. The molecule has 8 heteroatoms. The van der Waals surface area contributed by atoms with E-state index in [1.54, 1.807) is 0 Å². The van der Waals surface area contributed by atoms with Crippen molar-refractivity contribution in [1.82, 2.24) is 4.90 Å². The van der Waals surface area contributed by atoms with Crippen LogP contribution in [0.2, 0.25) is 0 Å². The third-order valence-corrected chi connectivity index (χ3v) is 5.44. The zero-order valence-corrected chi connectivity index (χ0v) is 14.7. The van der Waals surface area contributed by atoms with E-state index >= 15 is 0 Å². The molecule has 1 heterocycles. The van der Waals surface area contributed by atoms with Crippen molar-refractivity contribution in [2.75, 3.05) is 38.6 Å². The topological polar surface area (TPSA) is 96.0 Å². The van der Waals surface area contributed by atoms with E-state index in [-0.39, 0.29) is 6.54 Å². The van der Waals surface area contributed by atoms with Gasteiger partial charge >= 0.3 is 5.97 Å². The maximum absolute atomic E-state index is 12.6. The summed E-state index contributed by atoms with van der Waals surface area (Å²) in [4.78, 5) is 14.5. The smallest absolute Gasteiger partial charge is 0.313 e. The zero-order valence-electron chi connectivity index (χ0n) is 13.9. The molecule has 2 atom stereocenters. The first kappa shape index (κ1) is 18.3. The molecule has 2 unspecified atom stereocenters. The summed E-state index contributed by atoms with van der Waals surface area (Å²) in [5.74, 6) is -1.55. The number of benzene rings is 1. The van der Waals surface area contributed by atoms with Gasteiger partial charge in [-0.3, -0.25) is 9.69 Å². The van der Waals surface area contributed by atoms with Crippen molar-refractivity contribution < 1.29 is 27.2 Å². The lowest BCUT2D eigenvalue weighted by Crippen LogP contribution is -2.44. The number of aryl methyl sites for hydroxylation is 1. The molecule has 138 valence electrons. The first-order valence-electron chi connectivity index (χ1n) is 8.44. The molecule has 0 aromatic heterocycles. The molecule has 7 nitrogen and oxygen atoms in total. The molecule has 1 aliphatic heterocycles. The number of carbonyl (C=O) groups is 1. The lowest BCUT2D eigenvalue weighted by molar-refractivity contribution is -0.151. The normalized spacial score (nSPS) is 22.4. The van der Waals surface area contributed by atoms with Crippen molar-refractivity contribution in [2.45, 2.75) is 24.9 Å². The number of fused-ring (bicyclic) bond motifs is 1. The van der Waals surface area contributed by atoms with Crippen LogP contribution in [-0.4, -0.2) is 68.5 Å². The molecule has 3 rings (SSSR count). The lowest BCUT2D eigenvalue weighted by atomic mass is 10.0. The Labute approximate surface area is 147 Å². The second-order valence-electron chi connectivity index (χ2n) is 6.49. The summed E-state index contributed by atoms with van der Waals surface area (Å²) in [6.45, 7) is 2.56. The van der Waals surface area contributed by atoms with Gasteiger partial charge < -0.3 is 14.0 Å². The fourth-order valence-electron chi connectivity index (χ4n) is 3.47. The molecule has 1 aromatic rings. The monoisotopic (exact) mass is 368 g/mol. The fourth-order valence-corrected chi connectivity index (χ4v) is 4.10. The summed E-state index contributed by atoms with van der Waals surface area (Å²) in [5, 5.41) is 0. The van der Waals surface area contributed by atoms with Crippen LogP contribution < -0.4 is 0 Å². The molecule has 1 fully saturated rings. The van der Waals surface area contributed by atoms with Gasteiger partial charge in [-0.25, -0.2) is 8.42 Å². The lowest BCUT2D eigenvalue weighted by Gasteiger charge is -2.31. The highest BCUT2D eigenvalue weighted by atomic mass is 32.2. The van der Waals surface area contributed by atoms with Crippen LogP contribution in [-0.2, 0) is 30.8 Å². The van der Waals surface area contributed by atoms with Crippen LogP contribution in [0.1, 0.15) is 23.5 Å². The Hall–Kier alpha value is -1.48. The van der Waals surface area contributed by atoms with Crippen LogP contribution in [0, 0.1) is 0 Å². The first-order chi connectivity index (χ1) is 11.9. The quantitative estimate of drug-likeness (QED) is 0.533. The van der Waals surface area contributed by atoms with E-state index in [0.717, 1.165) is 17.5 Å². The van der Waals surface area contributed by atoms with Crippen molar-refractivity contribution in [3.8, 4) is 0 Å². The summed E-state index contributed by atoms with van der Waals surface area (Å²) in [6.07, 6.45) is 0.483. The van der Waals surface area contributed by atoms with Gasteiger partial charge in [0.05, 0.1) is 35.0 Å². The van der Waals surface area contributed by atoms with Gasteiger partial charge in [0.15, 0.2) is 0 Å². The van der Waals surface area contributed by atoms with Gasteiger partial charge in [-0.05, 0) is 24.0 Å². The van der Waals surface area contributed by atoms with E-state index in [4.69, 9.17) is 9.47 Å². The highest BCUT2D eigenvalue weighted by Gasteiger charge is 2.32. The molecule has 1 saturated heterocycles. The largest absolute Gasteiger partial charge is 0.748 e. The highest BCUT2D eigenvalue weighted by molar-refractivity contribution is 7.85. The van der Waals surface area contributed by atoms with Crippen molar-refractivity contribution in [3.63, 3.8) is 0 Å². The summed E-state index contributed by atoms with van der Waals surface area (Å²) in [7, 11) is -4.49. The molecular weight excluding hydrogens is 346 g/mol. The standard InChI is InChI=1S/C17H23NO6S/c19-17(16-6-5-13-3-1-2-4-15(13)16)24-14(12-25(20,21)22)11-18-7-9-23-10-8-18/h1-4,14,16H,5-12H2,(H,20,21,22)/p-1. The molecule has 2 aliphatic rings. The highest BCUT2D eigenvalue weighted by Crippen LogP contribution is 2.34. The van der Waals surface area contributed by atoms with E-state index in [9.17, 15) is 17.8 Å². The Balaban J connectivity index is 1.67. The van der Waals surface area contributed by atoms with Gasteiger partial charge in [-0.2, -0.15) is 0 Å². The maximum atomic E-state index is 12.6. The Morgan fingerprint density at radius 2 is 2.04 bits per heavy atom. The maximum Gasteiger partial charge on any atom is 0.313 e. The van der Waals surface area contributed by atoms with Gasteiger partial charge in [0.2, 0.25) is 0 Å². The van der Waals surface area contributed by atoms with Crippen molar-refractivity contribution in [1.29, 1.82) is 0 Å². The van der Waals surface area contributed by atoms with Crippen molar-refractivity contribution in [3.05, 3.63) is 35.4 Å². The van der Waals surface area contributed by atoms with Gasteiger partial charge in [-0.15, -0.1) is 0 Å². The molecule has 0 N–H and O–H groups in total. The van der Waals surface area contributed by atoms with Gasteiger partial charge in [0, 0.05) is 19.6 Å². The van der Waals surface area contributed by atoms with Crippen molar-refractivity contribution >= 4 is 16.1 Å². The number of esters is 1. The van der Waals surface area contributed by atoms with Crippen LogP contribution in [0.25, 0.3) is 0 Å². The SMILES string of the molecule is O=C(OC(CN1CCOCC1)CS(=O)(=O)[O-])C1CCc2ccccc21. The summed E-state index contributed by atoms with van der Waals surface area (Å²) in [5.41, 5.74) is 2.05. The number of ether oxygens (including phenoxy) is 2. The summed E-state index contributed by atoms with van der Waals surface area (Å²) < 4.78 is 44.3. The van der Waals surface area contributed by atoms with Crippen LogP contribution in [0.15, 0.2) is 24.3 Å². The molecule has 0 saturated carbocycles. The number of morpholine rings is 1. The Kier molecular flexibility index (Phi) is 5.73. The third-order valence-electron chi connectivity index (χ3n) is 4.66. The Morgan fingerprint density at radius 1 is 1.32 bits per heavy atom. The second-order valence-corrected chi connectivity index (χ2v) is 7.93. The molecule has 0 bridgehead atoms. The predicted molar refractivity (Wildman–Crippen MR) is 89.2 cm³/mol. The van der Waals surface area contributed by atoms with E-state index in [1.165, 1.54) is 0 Å². The van der Waals surface area contributed by atoms with Crippen LogP contribution in [0.5, 0.6) is 0 Å². The van der Waals surface area contributed by atoms with Crippen LogP contribution >= 0.6 is 0 Å². The van der Waals surface area contributed by atoms with Gasteiger partial charge in [0.25, 0.3) is 0 Å². The van der Waals surface area contributed by atoms with Crippen LogP contribution in [0.4, 0.5) is 0 Å². The predicted octanol–water partition coefficient (Wildman–Crippen LogP) is 0.506. The van der Waals surface area contributed by atoms with Gasteiger partial charge in [0.1, 0.15) is 6.10 Å². The fraction of sp³-hybridized carbons (Fsp3) is 0.588. The molecule has 1 aliphatic carbocycles. The molecule has 0 spiro atoms. The van der Waals surface area contributed by atoms with Gasteiger partial charge in [-0.1, -0.05) is 24.3 Å². The zero-order chi connectivity index (χ0) is 17.9. The third kappa shape index (κ3) is 5.01. The summed E-state index contributed by atoms with van der Waals surface area (Å²) >= 11 is 0.